The highest BCUT2D eigenvalue weighted by molar-refractivity contribution is 7.91. The number of sulfone groups is 1. The molecule has 26 nitrogen and oxygen atoms in total. The minimum Gasteiger partial charge on any atom is -0.505 e. The first-order valence-electron chi connectivity index (χ1n) is 15.6. The van der Waals surface area contributed by atoms with E-state index in [2.05, 4.69) is 40.0 Å². The Hall–Kier alpha value is -5.17. The Kier molecular flexibility index (Phi) is 13.0. The number of nitrogens with one attached hydrogen (secondary N) is 2. The van der Waals surface area contributed by atoms with Gasteiger partial charge in [-0.2, -0.15) is 57.0 Å². The topological polar surface area (TPSA) is 423 Å². The van der Waals surface area contributed by atoms with Crippen LogP contribution in [0.4, 0.5) is 39.0 Å². The number of rotatable bonds is 15. The number of halogens is 2. The van der Waals surface area contributed by atoms with Gasteiger partial charge in [0.05, 0.1) is 27.8 Å². The van der Waals surface area contributed by atoms with E-state index in [-0.39, 0.29) is 16.6 Å². The summed E-state index contributed by atoms with van der Waals surface area (Å²) in [6.07, 6.45) is 0. The van der Waals surface area contributed by atoms with E-state index in [1.807, 2.05) is 0 Å². The third-order valence-electron chi connectivity index (χ3n) is 7.78. The highest BCUT2D eigenvalue weighted by Gasteiger charge is 2.31. The van der Waals surface area contributed by atoms with E-state index >= 15 is 0 Å². The van der Waals surface area contributed by atoms with Crippen molar-refractivity contribution < 1.29 is 87.0 Å². The number of aromatic nitrogens is 3. The Balaban J connectivity index is 1.63. The number of aromatic hydroxyl groups is 1. The maximum absolute atomic E-state index is 14.9. The monoisotopic (exact) mass is 1010 g/mol. The van der Waals surface area contributed by atoms with Gasteiger partial charge < -0.3 is 15.7 Å². The maximum atomic E-state index is 14.9. The molecule has 5 rings (SSSR count). The van der Waals surface area contributed by atoms with Gasteiger partial charge >= 0.3 is 10.4 Å². The SMILES string of the molecule is Cc1c(S(=O)(=O)O)c(F)cc(N=Nc2c(S(=O)(=O)O)cc3cc(S(=O)(=O)O)cc(Nc4nc(Cl)nc(Nc5ccc(S(=O)(=O)CCOS(=O)(=O)O)cc5)n4)c3c2O)c1S(=O)(=O)O. The second-order valence-corrected chi connectivity index (χ2v) is 21.1. The Bertz CT molecular complexity index is 3420. The molecule has 0 saturated heterocycles. The zero-order chi connectivity index (χ0) is 46.5. The molecule has 0 aliphatic heterocycles. The summed E-state index contributed by atoms with van der Waals surface area (Å²) in [4.78, 5) is 5.92. The fraction of sp³-hybridized carbons (Fsp3) is 0.107. The highest BCUT2D eigenvalue weighted by atomic mass is 35.5. The third kappa shape index (κ3) is 11.1. The first-order valence-corrected chi connectivity index (χ1v) is 24.8. The number of azo groups is 1. The van der Waals surface area contributed by atoms with E-state index in [9.17, 15) is 78.2 Å². The number of phenols is 1. The molecule has 34 heteroatoms. The summed E-state index contributed by atoms with van der Waals surface area (Å²) < 4.78 is 211. The Morgan fingerprint density at radius 2 is 1.29 bits per heavy atom. The van der Waals surface area contributed by atoms with E-state index in [1.165, 1.54) is 12.1 Å². The van der Waals surface area contributed by atoms with Crippen LogP contribution in [0.25, 0.3) is 10.8 Å². The highest BCUT2D eigenvalue weighted by Crippen LogP contribution is 2.46. The normalized spacial score (nSPS) is 13.2. The molecule has 8 N–H and O–H groups in total. The molecule has 0 saturated carbocycles. The maximum Gasteiger partial charge on any atom is 0.397 e. The van der Waals surface area contributed by atoms with E-state index in [4.69, 9.17) is 16.2 Å². The number of nitrogens with zero attached hydrogens (tertiary/aromatic N) is 5. The zero-order valence-corrected chi connectivity index (χ0v) is 35.6. The van der Waals surface area contributed by atoms with E-state index in [0.717, 1.165) is 12.1 Å². The molecule has 0 radical (unpaired) electrons. The largest absolute Gasteiger partial charge is 0.505 e. The minimum absolute atomic E-state index is 0.0400. The second-order valence-electron chi connectivity index (χ2n) is 12.0. The third-order valence-corrected chi connectivity index (χ3v) is 13.9. The van der Waals surface area contributed by atoms with Gasteiger partial charge in [-0.1, -0.05) is 0 Å². The van der Waals surface area contributed by atoms with Gasteiger partial charge in [0.1, 0.15) is 31.9 Å². The van der Waals surface area contributed by atoms with Crippen LogP contribution in [-0.4, -0.2) is 106 Å². The van der Waals surface area contributed by atoms with Gasteiger partial charge in [0.2, 0.25) is 17.2 Å². The van der Waals surface area contributed by atoms with Gasteiger partial charge in [0.15, 0.2) is 15.6 Å². The van der Waals surface area contributed by atoms with Crippen molar-refractivity contribution in [3.63, 3.8) is 0 Å². The predicted molar refractivity (Wildman–Crippen MR) is 208 cm³/mol. The molecular formula is C28H23ClFN7O19S6. The minimum atomic E-state index is -5.56. The van der Waals surface area contributed by atoms with Crippen LogP contribution in [-0.2, 0) is 64.9 Å². The molecule has 0 fully saturated rings. The number of hydrogen-bond donors (Lipinski definition) is 8. The number of fused-ring (bicyclic) bond motifs is 1. The van der Waals surface area contributed by atoms with Gasteiger partial charge in [0.25, 0.3) is 40.5 Å². The van der Waals surface area contributed by atoms with Crippen molar-refractivity contribution in [2.75, 3.05) is 23.0 Å². The van der Waals surface area contributed by atoms with Gasteiger partial charge in [-0.25, -0.2) is 17.0 Å². The molecule has 0 atom stereocenters. The van der Waals surface area contributed by atoms with Crippen molar-refractivity contribution in [2.24, 2.45) is 10.2 Å². The molecule has 62 heavy (non-hydrogen) atoms. The molecular weight excluding hydrogens is 985 g/mol. The molecule has 5 aromatic rings. The predicted octanol–water partition coefficient (Wildman–Crippen LogP) is 3.31. The molecule has 0 unspecified atom stereocenters. The lowest BCUT2D eigenvalue weighted by atomic mass is 10.1. The molecule has 4 aromatic carbocycles. The molecule has 0 aliphatic carbocycles. The second kappa shape index (κ2) is 16.8. The standard InChI is InChI=1S/C28H23ClFN7O19S6/c1-12-24(60(47,48)49)17(30)11-19(25(12)61(50,51)52)36-37-22-20(59(44,45)46)9-13-8-16(58(41,42)43)10-18(21(13)23(22)38)32-28-34-26(29)33-27(35-28)31-14-2-4-15(5-3-14)57(39,40)7-6-56-62(53,54)55/h2-5,8-11,38H,6-7H2,1H3,(H,41,42,43)(H,44,45,46)(H,47,48,49)(H,50,51,52)(H,53,54,55)(H2,31,32,33,34,35). The van der Waals surface area contributed by atoms with E-state index in [0.29, 0.717) is 25.1 Å². The number of phenolic OH excluding ortho intramolecular Hbond substituents is 1. The fourth-order valence-corrected chi connectivity index (χ4v) is 9.93. The fourth-order valence-electron chi connectivity index (χ4n) is 5.37. The Morgan fingerprint density at radius 1 is 0.710 bits per heavy atom. The van der Waals surface area contributed by atoms with Crippen LogP contribution in [0.15, 0.2) is 83.2 Å². The van der Waals surface area contributed by atoms with Crippen LogP contribution in [0.1, 0.15) is 5.56 Å². The lowest BCUT2D eigenvalue weighted by Crippen LogP contribution is -2.15. The Labute approximate surface area is 353 Å². The summed E-state index contributed by atoms with van der Waals surface area (Å²) in [6, 6.07) is 6.31. The molecule has 334 valence electrons. The van der Waals surface area contributed by atoms with Crippen molar-refractivity contribution in [2.45, 2.75) is 31.4 Å². The number of hydrogen-bond acceptors (Lipinski definition) is 21. The summed E-state index contributed by atoms with van der Waals surface area (Å²) in [6.45, 7) is -0.269. The van der Waals surface area contributed by atoms with E-state index in [1.54, 1.807) is 0 Å². The van der Waals surface area contributed by atoms with Crippen LogP contribution < -0.4 is 10.6 Å². The number of benzene rings is 4. The lowest BCUT2D eigenvalue weighted by Gasteiger charge is -2.15. The number of anilines is 4. The average molecular weight is 1010 g/mol. The lowest BCUT2D eigenvalue weighted by molar-refractivity contribution is 0.284. The molecule has 0 spiro atoms. The molecule has 0 amide bonds. The van der Waals surface area contributed by atoms with Crippen LogP contribution in [0, 0.1) is 12.7 Å². The Morgan fingerprint density at radius 3 is 1.82 bits per heavy atom. The molecule has 1 aromatic heterocycles. The summed E-state index contributed by atoms with van der Waals surface area (Å²) in [5.74, 6) is -5.01. The van der Waals surface area contributed by atoms with Crippen molar-refractivity contribution >= 4 is 118 Å². The zero-order valence-electron chi connectivity index (χ0n) is 30.0. The summed E-state index contributed by atoms with van der Waals surface area (Å²) >= 11 is 6.06. The van der Waals surface area contributed by atoms with Gasteiger partial charge in [-0.05, 0) is 71.9 Å². The van der Waals surface area contributed by atoms with Crippen molar-refractivity contribution in [3.05, 3.63) is 65.2 Å². The van der Waals surface area contributed by atoms with Crippen LogP contribution >= 0.6 is 11.6 Å². The van der Waals surface area contributed by atoms with Crippen LogP contribution in [0.3, 0.4) is 0 Å². The van der Waals surface area contributed by atoms with Crippen molar-refractivity contribution in [1.82, 2.24) is 15.0 Å². The van der Waals surface area contributed by atoms with Crippen molar-refractivity contribution in [1.29, 1.82) is 0 Å². The molecule has 0 aliphatic rings. The van der Waals surface area contributed by atoms with Gasteiger partial charge in [-0.15, -0.1) is 10.2 Å². The summed E-state index contributed by atoms with van der Waals surface area (Å²) in [5.41, 5.74) is -4.17. The molecule has 0 bridgehead atoms. The van der Waals surface area contributed by atoms with Gasteiger partial charge in [-0.3, -0.25) is 22.8 Å². The smallest absolute Gasteiger partial charge is 0.397 e. The van der Waals surface area contributed by atoms with Crippen LogP contribution in [0.2, 0.25) is 5.28 Å². The van der Waals surface area contributed by atoms with Crippen LogP contribution in [0.5, 0.6) is 5.75 Å². The van der Waals surface area contributed by atoms with E-state index < -0.39 is 155 Å². The van der Waals surface area contributed by atoms with Gasteiger partial charge in [0, 0.05) is 17.1 Å². The first kappa shape index (κ1) is 47.9. The average Bonchev–Trinajstić information content (AvgIpc) is 3.08. The summed E-state index contributed by atoms with van der Waals surface area (Å²) in [5, 5.41) is 21.5. The van der Waals surface area contributed by atoms with Crippen molar-refractivity contribution in [3.8, 4) is 5.75 Å². The quantitative estimate of drug-likeness (QED) is 0.0550. The summed E-state index contributed by atoms with van der Waals surface area (Å²) in [7, 11) is -30.8. The first-order chi connectivity index (χ1) is 28.3. The molecule has 1 heterocycles.